The Hall–Kier alpha value is -2.30. The molecule has 1 aromatic rings. The molecule has 112 valence electrons. The lowest BCUT2D eigenvalue weighted by atomic mass is 9.94. The molecule has 0 bridgehead atoms. The normalized spacial score (nSPS) is 17.1. The summed E-state index contributed by atoms with van der Waals surface area (Å²) in [5.41, 5.74) is 6.45. The highest BCUT2D eigenvalue weighted by Crippen LogP contribution is 2.17. The van der Waals surface area contributed by atoms with Crippen LogP contribution in [-0.4, -0.2) is 25.9 Å². The lowest BCUT2D eigenvalue weighted by molar-refractivity contribution is -0.126. The Bertz CT molecular complexity index is 552. The van der Waals surface area contributed by atoms with Crippen LogP contribution in [0, 0.1) is 5.92 Å². The summed E-state index contributed by atoms with van der Waals surface area (Å²) in [7, 11) is 3.82. The summed E-state index contributed by atoms with van der Waals surface area (Å²) in [6.45, 7) is 0. The molecule has 0 fully saturated rings. The van der Waals surface area contributed by atoms with Gasteiger partial charge in [-0.05, 0) is 37.5 Å². The van der Waals surface area contributed by atoms with Crippen LogP contribution in [0.5, 0.6) is 0 Å². The molecule has 5 nitrogen and oxygen atoms in total. The summed E-state index contributed by atoms with van der Waals surface area (Å²) in [6, 6.07) is 7.24. The van der Waals surface area contributed by atoms with Crippen molar-refractivity contribution in [3.8, 4) is 0 Å². The minimum absolute atomic E-state index is 0.0524. The van der Waals surface area contributed by atoms with E-state index in [1.807, 2.05) is 37.2 Å². The van der Waals surface area contributed by atoms with Crippen molar-refractivity contribution in [2.24, 2.45) is 5.92 Å². The molecule has 0 radical (unpaired) electrons. The summed E-state index contributed by atoms with van der Waals surface area (Å²) >= 11 is 0. The number of hydrogen-bond acceptors (Lipinski definition) is 3. The van der Waals surface area contributed by atoms with E-state index in [0.29, 0.717) is 5.56 Å². The van der Waals surface area contributed by atoms with E-state index >= 15 is 0 Å². The van der Waals surface area contributed by atoms with Crippen molar-refractivity contribution in [1.82, 2.24) is 10.9 Å². The van der Waals surface area contributed by atoms with Crippen LogP contribution >= 0.6 is 0 Å². The molecule has 21 heavy (non-hydrogen) atoms. The molecule has 2 rings (SSSR count). The molecule has 1 aromatic carbocycles. The van der Waals surface area contributed by atoms with Gasteiger partial charge in [0.25, 0.3) is 5.91 Å². The maximum absolute atomic E-state index is 12.0. The molecule has 0 aliphatic heterocycles. The first-order chi connectivity index (χ1) is 10.1. The van der Waals surface area contributed by atoms with Gasteiger partial charge in [0, 0.05) is 31.3 Å². The quantitative estimate of drug-likeness (QED) is 0.659. The summed E-state index contributed by atoms with van der Waals surface area (Å²) in [5.74, 6) is -0.488. The zero-order valence-corrected chi connectivity index (χ0v) is 12.4. The molecule has 1 aliphatic rings. The predicted molar refractivity (Wildman–Crippen MR) is 82.9 cm³/mol. The topological polar surface area (TPSA) is 61.4 Å². The lowest BCUT2D eigenvalue weighted by Gasteiger charge is -2.18. The summed E-state index contributed by atoms with van der Waals surface area (Å²) < 4.78 is 0. The zero-order valence-electron chi connectivity index (χ0n) is 12.4. The summed E-state index contributed by atoms with van der Waals surface area (Å²) in [5, 5.41) is 0. The number of carbonyl (C=O) groups is 2. The maximum atomic E-state index is 12.0. The van der Waals surface area contributed by atoms with Crippen molar-refractivity contribution < 1.29 is 9.59 Å². The van der Waals surface area contributed by atoms with Crippen molar-refractivity contribution in [2.45, 2.75) is 19.3 Å². The third kappa shape index (κ3) is 4.08. The van der Waals surface area contributed by atoms with Crippen LogP contribution in [0.15, 0.2) is 36.4 Å². The Labute approximate surface area is 125 Å². The van der Waals surface area contributed by atoms with E-state index in [1.165, 1.54) is 0 Å². The van der Waals surface area contributed by atoms with Crippen molar-refractivity contribution in [1.29, 1.82) is 0 Å². The first-order valence-corrected chi connectivity index (χ1v) is 7.10. The molecule has 0 aromatic heterocycles. The van der Waals surface area contributed by atoms with E-state index in [9.17, 15) is 9.59 Å². The Morgan fingerprint density at radius 2 is 2.00 bits per heavy atom. The van der Waals surface area contributed by atoms with E-state index in [1.54, 1.807) is 12.1 Å². The molecule has 0 unspecified atom stereocenters. The second kappa shape index (κ2) is 6.92. The molecule has 1 atom stereocenters. The number of allylic oxidation sites excluding steroid dienone is 2. The van der Waals surface area contributed by atoms with E-state index < -0.39 is 0 Å². The average Bonchev–Trinajstić information content (AvgIpc) is 2.53. The highest BCUT2D eigenvalue weighted by Gasteiger charge is 2.19. The number of rotatable bonds is 3. The van der Waals surface area contributed by atoms with E-state index in [2.05, 4.69) is 16.9 Å². The van der Waals surface area contributed by atoms with E-state index in [0.717, 1.165) is 24.9 Å². The fourth-order valence-corrected chi connectivity index (χ4v) is 2.25. The van der Waals surface area contributed by atoms with Gasteiger partial charge in [-0.25, -0.2) is 0 Å². The Morgan fingerprint density at radius 1 is 1.19 bits per heavy atom. The molecule has 2 N–H and O–H groups in total. The molecular formula is C16H21N3O2. The van der Waals surface area contributed by atoms with Crippen LogP contribution in [0.1, 0.15) is 29.6 Å². The van der Waals surface area contributed by atoms with Gasteiger partial charge in [0.1, 0.15) is 0 Å². The van der Waals surface area contributed by atoms with Gasteiger partial charge in [-0.3, -0.25) is 20.4 Å². The van der Waals surface area contributed by atoms with Gasteiger partial charge in [-0.2, -0.15) is 0 Å². The molecule has 1 aliphatic carbocycles. The minimum Gasteiger partial charge on any atom is -0.378 e. The molecular weight excluding hydrogens is 266 g/mol. The fraction of sp³-hybridized carbons (Fsp3) is 0.375. The van der Waals surface area contributed by atoms with Gasteiger partial charge >= 0.3 is 0 Å². The van der Waals surface area contributed by atoms with Gasteiger partial charge in [-0.1, -0.05) is 18.2 Å². The fourth-order valence-electron chi connectivity index (χ4n) is 2.25. The average molecular weight is 287 g/mol. The SMILES string of the molecule is CN(C)c1cccc(C(=O)NNC(=O)[C@@H]2CC=CCC2)c1. The summed E-state index contributed by atoms with van der Waals surface area (Å²) in [4.78, 5) is 25.9. The Balaban J connectivity index is 1.91. The second-order valence-electron chi connectivity index (χ2n) is 5.37. The number of amides is 2. The van der Waals surface area contributed by atoms with E-state index in [-0.39, 0.29) is 17.7 Å². The molecule has 0 spiro atoms. The maximum Gasteiger partial charge on any atom is 0.269 e. The zero-order chi connectivity index (χ0) is 15.2. The largest absolute Gasteiger partial charge is 0.378 e. The van der Waals surface area contributed by atoms with Gasteiger partial charge in [0.15, 0.2) is 0 Å². The van der Waals surface area contributed by atoms with Crippen LogP contribution in [0.3, 0.4) is 0 Å². The summed E-state index contributed by atoms with van der Waals surface area (Å²) in [6.07, 6.45) is 6.56. The van der Waals surface area contributed by atoms with Gasteiger partial charge < -0.3 is 4.90 Å². The van der Waals surface area contributed by atoms with E-state index in [4.69, 9.17) is 0 Å². The van der Waals surface area contributed by atoms with Crippen LogP contribution < -0.4 is 15.8 Å². The highest BCUT2D eigenvalue weighted by molar-refractivity contribution is 5.96. The molecule has 0 saturated carbocycles. The first-order valence-electron chi connectivity index (χ1n) is 7.10. The lowest BCUT2D eigenvalue weighted by Crippen LogP contribution is -2.44. The Morgan fingerprint density at radius 3 is 2.67 bits per heavy atom. The number of anilines is 1. The standard InChI is InChI=1S/C16H21N3O2/c1-19(2)14-10-6-9-13(11-14)16(21)18-17-15(20)12-7-4-3-5-8-12/h3-4,6,9-12H,5,7-8H2,1-2H3,(H,17,20)(H,18,21)/t12-/m1/s1. The monoisotopic (exact) mass is 287 g/mol. The first kappa shape index (κ1) is 15.1. The van der Waals surface area contributed by atoms with Crippen molar-refractivity contribution >= 4 is 17.5 Å². The van der Waals surface area contributed by atoms with Gasteiger partial charge in [0.2, 0.25) is 5.91 Å². The number of nitrogens with zero attached hydrogens (tertiary/aromatic N) is 1. The van der Waals surface area contributed by atoms with Gasteiger partial charge in [-0.15, -0.1) is 0 Å². The number of hydrazine groups is 1. The molecule has 0 heterocycles. The minimum atomic E-state index is -0.307. The molecule has 0 saturated heterocycles. The number of benzene rings is 1. The number of nitrogens with one attached hydrogen (secondary N) is 2. The van der Waals surface area contributed by atoms with Gasteiger partial charge in [0.05, 0.1) is 0 Å². The Kier molecular flexibility index (Phi) is 4.98. The van der Waals surface area contributed by atoms with Crippen LogP contribution in [-0.2, 0) is 4.79 Å². The third-order valence-corrected chi connectivity index (χ3v) is 3.56. The third-order valence-electron chi connectivity index (χ3n) is 3.56. The van der Waals surface area contributed by atoms with Crippen LogP contribution in [0.4, 0.5) is 5.69 Å². The molecule has 5 heteroatoms. The number of hydrogen-bond donors (Lipinski definition) is 2. The number of carbonyl (C=O) groups excluding carboxylic acids is 2. The predicted octanol–water partition coefficient (Wildman–Crippen LogP) is 1.87. The smallest absolute Gasteiger partial charge is 0.269 e. The van der Waals surface area contributed by atoms with Crippen molar-refractivity contribution in [3.05, 3.63) is 42.0 Å². The van der Waals surface area contributed by atoms with Crippen molar-refractivity contribution in [3.63, 3.8) is 0 Å². The second-order valence-corrected chi connectivity index (χ2v) is 5.37. The molecule has 2 amide bonds. The van der Waals surface area contributed by atoms with Crippen molar-refractivity contribution in [2.75, 3.05) is 19.0 Å². The highest BCUT2D eigenvalue weighted by atomic mass is 16.2. The van der Waals surface area contributed by atoms with Crippen LogP contribution in [0.25, 0.3) is 0 Å². The van der Waals surface area contributed by atoms with Crippen LogP contribution in [0.2, 0.25) is 0 Å².